The van der Waals surface area contributed by atoms with Gasteiger partial charge in [0, 0.05) is 18.0 Å². The molecule has 144 valence electrons. The molecule has 0 fully saturated rings. The highest BCUT2D eigenvalue weighted by Crippen LogP contribution is 2.13. The van der Waals surface area contributed by atoms with Gasteiger partial charge in [0.1, 0.15) is 11.6 Å². The third-order valence-corrected chi connectivity index (χ3v) is 3.98. The first kappa shape index (κ1) is 19.2. The van der Waals surface area contributed by atoms with Gasteiger partial charge in [-0.3, -0.25) is 25.2 Å². The van der Waals surface area contributed by atoms with Crippen LogP contribution in [0.4, 0.5) is 8.78 Å². The van der Waals surface area contributed by atoms with E-state index < -0.39 is 29.0 Å². The van der Waals surface area contributed by atoms with Gasteiger partial charge < -0.3 is 0 Å². The van der Waals surface area contributed by atoms with Crippen LogP contribution in [0.2, 0.25) is 0 Å². The highest BCUT2D eigenvalue weighted by atomic mass is 19.1. The minimum atomic E-state index is -1.06. The Morgan fingerprint density at radius 1 is 1.04 bits per heavy atom. The van der Waals surface area contributed by atoms with E-state index in [-0.39, 0.29) is 11.3 Å². The summed E-state index contributed by atoms with van der Waals surface area (Å²) >= 11 is 0. The second-order valence-electron chi connectivity index (χ2n) is 5.95. The van der Waals surface area contributed by atoms with Gasteiger partial charge >= 0.3 is 0 Å². The number of hydrogen-bond donors (Lipinski definition) is 2. The van der Waals surface area contributed by atoms with E-state index in [4.69, 9.17) is 0 Å². The van der Waals surface area contributed by atoms with E-state index >= 15 is 0 Å². The van der Waals surface area contributed by atoms with Crippen molar-refractivity contribution in [2.75, 3.05) is 0 Å². The Kier molecular flexibility index (Phi) is 5.44. The predicted octanol–water partition coefficient (Wildman–Crippen LogP) is 2.16. The van der Waals surface area contributed by atoms with E-state index in [1.54, 1.807) is 24.3 Å². The first-order valence-corrected chi connectivity index (χ1v) is 8.48. The smallest absolute Gasteiger partial charge is 0.267 e. The summed E-state index contributed by atoms with van der Waals surface area (Å²) in [6.07, 6.45) is 0.632. The number of nitrogens with zero attached hydrogens (tertiary/aromatic N) is 2. The number of aromatic nitrogens is 2. The summed E-state index contributed by atoms with van der Waals surface area (Å²) in [5.41, 5.74) is 3.37. The van der Waals surface area contributed by atoms with Gasteiger partial charge in [-0.15, -0.1) is 0 Å². The molecule has 0 bridgehead atoms. The lowest BCUT2D eigenvalue weighted by Crippen LogP contribution is -2.43. The number of fused-ring (bicyclic) bond motifs is 1. The van der Waals surface area contributed by atoms with Gasteiger partial charge in [-0.1, -0.05) is 25.1 Å². The fourth-order valence-corrected chi connectivity index (χ4v) is 2.68. The van der Waals surface area contributed by atoms with Crippen LogP contribution in [0.3, 0.4) is 0 Å². The van der Waals surface area contributed by atoms with Gasteiger partial charge in [0.25, 0.3) is 17.4 Å². The number of rotatable bonds is 4. The molecule has 7 nitrogen and oxygen atoms in total. The summed E-state index contributed by atoms with van der Waals surface area (Å²) < 4.78 is 27.8. The molecule has 3 aromatic rings. The molecule has 0 aliphatic carbocycles. The lowest BCUT2D eigenvalue weighted by Gasteiger charge is -2.11. The van der Waals surface area contributed by atoms with Crippen LogP contribution >= 0.6 is 0 Å². The Morgan fingerprint density at radius 3 is 2.39 bits per heavy atom. The van der Waals surface area contributed by atoms with Gasteiger partial charge in [-0.05, 0) is 24.6 Å². The zero-order valence-corrected chi connectivity index (χ0v) is 14.8. The van der Waals surface area contributed by atoms with Crippen molar-refractivity contribution in [2.45, 2.75) is 19.9 Å². The van der Waals surface area contributed by atoms with Crippen molar-refractivity contribution in [2.24, 2.45) is 0 Å². The van der Waals surface area contributed by atoms with Crippen LogP contribution in [0.1, 0.15) is 34.2 Å². The van der Waals surface area contributed by atoms with Crippen LogP contribution in [0.25, 0.3) is 10.8 Å². The monoisotopic (exact) mass is 386 g/mol. The molecule has 2 amide bonds. The zero-order chi connectivity index (χ0) is 20.3. The second-order valence-corrected chi connectivity index (χ2v) is 5.95. The molecule has 9 heteroatoms. The Bertz CT molecular complexity index is 1130. The predicted molar refractivity (Wildman–Crippen MR) is 97.6 cm³/mol. The quantitative estimate of drug-likeness (QED) is 0.672. The third kappa shape index (κ3) is 3.73. The second kappa shape index (κ2) is 7.95. The molecular formula is C19H16F2N4O3. The molecule has 0 radical (unpaired) electrons. The van der Waals surface area contributed by atoms with Gasteiger partial charge in [-0.2, -0.15) is 5.10 Å². The molecule has 0 atom stereocenters. The molecule has 0 spiro atoms. The van der Waals surface area contributed by atoms with E-state index in [0.29, 0.717) is 29.8 Å². The standard InChI is InChI=1S/C19H16F2N4O3/c1-2-9-25-19(28)13-6-4-3-5-12(13)16(24-25)18(27)23-22-17(26)14-8-7-11(20)10-15(14)21/h3-8,10H,2,9H2,1H3,(H,22,26)(H,23,27). The molecule has 2 aromatic carbocycles. The largest absolute Gasteiger partial charge is 0.290 e. The minimum Gasteiger partial charge on any atom is -0.267 e. The van der Waals surface area contributed by atoms with Crippen molar-refractivity contribution in [3.63, 3.8) is 0 Å². The molecule has 3 rings (SSSR count). The van der Waals surface area contributed by atoms with Crippen LogP contribution in [0.15, 0.2) is 47.3 Å². The molecule has 0 saturated carbocycles. The normalized spacial score (nSPS) is 10.7. The van der Waals surface area contributed by atoms with Crippen molar-refractivity contribution >= 4 is 22.6 Å². The molecule has 1 aromatic heterocycles. The van der Waals surface area contributed by atoms with Crippen LogP contribution in [-0.2, 0) is 6.54 Å². The molecule has 28 heavy (non-hydrogen) atoms. The number of aryl methyl sites for hydroxylation is 1. The van der Waals surface area contributed by atoms with E-state index in [9.17, 15) is 23.2 Å². The number of carbonyl (C=O) groups is 2. The molecule has 0 aliphatic heterocycles. The van der Waals surface area contributed by atoms with E-state index in [1.165, 1.54) is 4.68 Å². The first-order valence-electron chi connectivity index (χ1n) is 8.48. The van der Waals surface area contributed by atoms with Gasteiger partial charge in [0.2, 0.25) is 0 Å². The first-order chi connectivity index (χ1) is 13.4. The summed E-state index contributed by atoms with van der Waals surface area (Å²) in [4.78, 5) is 37.0. The Labute approximate surface area is 157 Å². The lowest BCUT2D eigenvalue weighted by molar-refractivity contribution is 0.0841. The molecule has 1 heterocycles. The topological polar surface area (TPSA) is 93.1 Å². The molecular weight excluding hydrogens is 370 g/mol. The highest BCUT2D eigenvalue weighted by molar-refractivity contribution is 6.06. The number of benzene rings is 2. The van der Waals surface area contributed by atoms with Crippen molar-refractivity contribution in [1.29, 1.82) is 0 Å². The average molecular weight is 386 g/mol. The molecule has 0 aliphatic rings. The number of hydrazine groups is 1. The number of halogens is 2. The van der Waals surface area contributed by atoms with Crippen molar-refractivity contribution in [1.82, 2.24) is 20.6 Å². The number of hydrogen-bond acceptors (Lipinski definition) is 4. The maximum atomic E-state index is 13.7. The summed E-state index contributed by atoms with van der Waals surface area (Å²) in [6.45, 7) is 2.18. The SMILES string of the molecule is CCCn1nc(C(=O)NNC(=O)c2ccc(F)cc2F)c2ccccc2c1=O. The maximum Gasteiger partial charge on any atom is 0.290 e. The molecule has 0 saturated heterocycles. The molecule has 2 N–H and O–H groups in total. The third-order valence-electron chi connectivity index (χ3n) is 3.98. The van der Waals surface area contributed by atoms with Crippen molar-refractivity contribution in [3.8, 4) is 0 Å². The Balaban J connectivity index is 1.88. The minimum absolute atomic E-state index is 0.0662. The zero-order valence-electron chi connectivity index (χ0n) is 14.8. The summed E-state index contributed by atoms with van der Waals surface area (Å²) in [6, 6.07) is 8.91. The van der Waals surface area contributed by atoms with Gasteiger partial charge in [-0.25, -0.2) is 13.5 Å². The molecule has 0 unspecified atom stereocenters. The van der Waals surface area contributed by atoms with Crippen molar-refractivity contribution < 1.29 is 18.4 Å². The number of carbonyl (C=O) groups excluding carboxylic acids is 2. The average Bonchev–Trinajstić information content (AvgIpc) is 2.68. The Morgan fingerprint density at radius 2 is 1.71 bits per heavy atom. The van der Waals surface area contributed by atoms with Crippen LogP contribution in [0.5, 0.6) is 0 Å². The van der Waals surface area contributed by atoms with E-state index in [0.717, 1.165) is 12.1 Å². The summed E-state index contributed by atoms with van der Waals surface area (Å²) in [7, 11) is 0. The fourth-order valence-electron chi connectivity index (χ4n) is 2.68. The Hall–Kier alpha value is -3.62. The maximum absolute atomic E-state index is 13.7. The number of nitrogens with one attached hydrogen (secondary N) is 2. The number of amides is 2. The fraction of sp³-hybridized carbons (Fsp3) is 0.158. The van der Waals surface area contributed by atoms with Gasteiger partial charge in [0.05, 0.1) is 10.9 Å². The van der Waals surface area contributed by atoms with E-state index in [1.807, 2.05) is 6.92 Å². The van der Waals surface area contributed by atoms with Gasteiger partial charge in [0.15, 0.2) is 5.69 Å². The van der Waals surface area contributed by atoms with Crippen molar-refractivity contribution in [3.05, 3.63) is 75.7 Å². The highest BCUT2D eigenvalue weighted by Gasteiger charge is 2.18. The summed E-state index contributed by atoms with van der Waals surface area (Å²) in [5.74, 6) is -3.63. The van der Waals surface area contributed by atoms with E-state index in [2.05, 4.69) is 16.0 Å². The van der Waals surface area contributed by atoms with Crippen LogP contribution < -0.4 is 16.4 Å². The van der Waals surface area contributed by atoms with Crippen LogP contribution in [0, 0.1) is 11.6 Å². The summed E-state index contributed by atoms with van der Waals surface area (Å²) in [5, 5.41) is 4.72. The lowest BCUT2D eigenvalue weighted by atomic mass is 10.1. The van der Waals surface area contributed by atoms with Crippen LogP contribution in [-0.4, -0.2) is 21.6 Å².